The highest BCUT2D eigenvalue weighted by molar-refractivity contribution is 7.90. The molecule has 0 spiro atoms. The van der Waals surface area contributed by atoms with Gasteiger partial charge in [-0.2, -0.15) is 0 Å². The van der Waals surface area contributed by atoms with Gasteiger partial charge in [-0.3, -0.25) is 9.59 Å². The van der Waals surface area contributed by atoms with E-state index in [1.165, 1.54) is 12.1 Å². The van der Waals surface area contributed by atoms with E-state index in [0.717, 1.165) is 15.6 Å². The topological polar surface area (TPSA) is 92.8 Å². The molecule has 0 saturated carbocycles. The van der Waals surface area contributed by atoms with Crippen molar-refractivity contribution < 1.29 is 22.7 Å². The van der Waals surface area contributed by atoms with E-state index in [1.807, 2.05) is 24.3 Å². The Balaban J connectivity index is 1.49. The summed E-state index contributed by atoms with van der Waals surface area (Å²) in [7, 11) is -2.23. The molecular formula is C19H20N2O5S. The van der Waals surface area contributed by atoms with Crippen molar-refractivity contribution in [2.24, 2.45) is 0 Å². The van der Waals surface area contributed by atoms with Crippen molar-refractivity contribution in [1.29, 1.82) is 0 Å². The van der Waals surface area contributed by atoms with E-state index in [1.54, 1.807) is 19.2 Å². The number of nitrogens with zero attached hydrogens (tertiary/aromatic N) is 1. The van der Waals surface area contributed by atoms with Gasteiger partial charge in [-0.15, -0.1) is 0 Å². The lowest BCUT2D eigenvalue weighted by Gasteiger charge is -2.14. The molecule has 0 radical (unpaired) electrons. The second-order valence-corrected chi connectivity index (χ2v) is 7.94. The summed E-state index contributed by atoms with van der Waals surface area (Å²) < 4.78 is 30.8. The third-order valence-electron chi connectivity index (χ3n) is 4.33. The van der Waals surface area contributed by atoms with Crippen LogP contribution in [-0.2, 0) is 21.4 Å². The SMILES string of the molecule is COc1ccc(CNC(=O)CCCN2C(=O)c3ccccc3S2(=O)=O)cc1. The lowest BCUT2D eigenvalue weighted by Crippen LogP contribution is -2.32. The zero-order valence-electron chi connectivity index (χ0n) is 14.8. The molecule has 2 amide bonds. The molecule has 142 valence electrons. The van der Waals surface area contributed by atoms with Gasteiger partial charge >= 0.3 is 0 Å². The number of methoxy groups -OCH3 is 1. The molecule has 0 fully saturated rings. The Labute approximate surface area is 158 Å². The molecule has 0 aliphatic carbocycles. The number of ether oxygens (including phenoxy) is 1. The van der Waals surface area contributed by atoms with Crippen LogP contribution in [0.1, 0.15) is 28.8 Å². The molecule has 2 aromatic carbocycles. The zero-order chi connectivity index (χ0) is 19.4. The molecule has 1 aliphatic rings. The lowest BCUT2D eigenvalue weighted by atomic mass is 10.2. The third kappa shape index (κ3) is 3.95. The summed E-state index contributed by atoms with van der Waals surface area (Å²) in [6.45, 7) is 0.348. The summed E-state index contributed by atoms with van der Waals surface area (Å²) in [5.74, 6) is -0.000760. The first-order chi connectivity index (χ1) is 12.9. The number of fused-ring (bicyclic) bond motifs is 1. The van der Waals surface area contributed by atoms with Crippen molar-refractivity contribution in [2.75, 3.05) is 13.7 Å². The Hall–Kier alpha value is -2.87. The molecule has 0 saturated heterocycles. The van der Waals surface area contributed by atoms with Gasteiger partial charge in [-0.05, 0) is 36.2 Å². The number of nitrogens with one attached hydrogen (secondary N) is 1. The smallest absolute Gasteiger partial charge is 0.269 e. The highest BCUT2D eigenvalue weighted by atomic mass is 32.2. The maximum atomic E-state index is 12.4. The molecule has 0 unspecified atom stereocenters. The fraction of sp³-hybridized carbons (Fsp3) is 0.263. The first-order valence-corrected chi connectivity index (χ1v) is 9.93. The molecule has 0 bridgehead atoms. The third-order valence-corrected chi connectivity index (χ3v) is 6.17. The van der Waals surface area contributed by atoms with Crippen molar-refractivity contribution in [3.8, 4) is 5.75 Å². The quantitative estimate of drug-likeness (QED) is 0.782. The van der Waals surface area contributed by atoms with E-state index in [4.69, 9.17) is 4.74 Å². The van der Waals surface area contributed by atoms with Crippen LogP contribution in [0.2, 0.25) is 0 Å². The lowest BCUT2D eigenvalue weighted by molar-refractivity contribution is -0.121. The Bertz CT molecular complexity index is 954. The molecule has 27 heavy (non-hydrogen) atoms. The molecule has 8 heteroatoms. The van der Waals surface area contributed by atoms with E-state index in [0.29, 0.717) is 6.54 Å². The van der Waals surface area contributed by atoms with Gasteiger partial charge in [0.15, 0.2) is 0 Å². The Morgan fingerprint density at radius 3 is 2.48 bits per heavy atom. The second kappa shape index (κ2) is 7.79. The normalized spacial score (nSPS) is 14.7. The van der Waals surface area contributed by atoms with Crippen molar-refractivity contribution in [1.82, 2.24) is 9.62 Å². The van der Waals surface area contributed by atoms with Gasteiger partial charge in [0, 0.05) is 19.5 Å². The minimum Gasteiger partial charge on any atom is -0.497 e. The molecule has 1 N–H and O–H groups in total. The van der Waals surface area contributed by atoms with Gasteiger partial charge in [-0.1, -0.05) is 24.3 Å². The molecule has 7 nitrogen and oxygen atoms in total. The molecule has 2 aromatic rings. The van der Waals surface area contributed by atoms with Crippen LogP contribution < -0.4 is 10.1 Å². The minimum atomic E-state index is -3.82. The van der Waals surface area contributed by atoms with Crippen molar-refractivity contribution in [3.05, 3.63) is 59.7 Å². The van der Waals surface area contributed by atoms with Crippen LogP contribution in [0.4, 0.5) is 0 Å². The van der Waals surface area contributed by atoms with Crippen LogP contribution in [0.25, 0.3) is 0 Å². The average molecular weight is 388 g/mol. The van der Waals surface area contributed by atoms with Crippen LogP contribution in [0.3, 0.4) is 0 Å². The summed E-state index contributed by atoms with van der Waals surface area (Å²) in [5.41, 5.74) is 1.11. The Morgan fingerprint density at radius 2 is 1.81 bits per heavy atom. The maximum absolute atomic E-state index is 12.4. The fourth-order valence-corrected chi connectivity index (χ4v) is 4.48. The molecule has 0 atom stereocenters. The number of amides is 2. The predicted molar refractivity (Wildman–Crippen MR) is 98.7 cm³/mol. The fourth-order valence-electron chi connectivity index (χ4n) is 2.87. The van der Waals surface area contributed by atoms with E-state index in [-0.39, 0.29) is 35.8 Å². The van der Waals surface area contributed by atoms with Gasteiger partial charge in [0.25, 0.3) is 15.9 Å². The van der Waals surface area contributed by atoms with Crippen LogP contribution in [0, 0.1) is 0 Å². The summed E-state index contributed by atoms with van der Waals surface area (Å²) in [6, 6.07) is 13.5. The number of rotatable bonds is 7. The molecule has 1 aliphatic heterocycles. The van der Waals surface area contributed by atoms with Crippen LogP contribution in [-0.4, -0.2) is 38.2 Å². The van der Waals surface area contributed by atoms with Crippen LogP contribution in [0.15, 0.2) is 53.4 Å². The molecule has 3 rings (SSSR count). The Kier molecular flexibility index (Phi) is 5.46. The first-order valence-electron chi connectivity index (χ1n) is 8.49. The van der Waals surface area contributed by atoms with Gasteiger partial charge in [-0.25, -0.2) is 12.7 Å². The van der Waals surface area contributed by atoms with Gasteiger partial charge < -0.3 is 10.1 Å². The standard InChI is InChI=1S/C19H20N2O5S/c1-26-15-10-8-14(9-11-15)13-20-18(22)7-4-12-21-19(23)16-5-2-3-6-17(16)27(21,24)25/h2-3,5-6,8-11H,4,7,12-13H2,1H3,(H,20,22). The summed E-state index contributed by atoms with van der Waals surface area (Å²) in [4.78, 5) is 24.3. The largest absolute Gasteiger partial charge is 0.497 e. The number of carbonyl (C=O) groups is 2. The predicted octanol–water partition coefficient (Wildman–Crippen LogP) is 1.94. The van der Waals surface area contributed by atoms with Gasteiger partial charge in [0.2, 0.25) is 5.91 Å². The zero-order valence-corrected chi connectivity index (χ0v) is 15.7. The summed E-state index contributed by atoms with van der Waals surface area (Å²) in [5, 5.41) is 2.78. The number of carbonyl (C=O) groups excluding carboxylic acids is 2. The summed E-state index contributed by atoms with van der Waals surface area (Å²) in [6.07, 6.45) is 0.388. The Morgan fingerprint density at radius 1 is 1.11 bits per heavy atom. The number of benzene rings is 2. The van der Waals surface area contributed by atoms with E-state index >= 15 is 0 Å². The van der Waals surface area contributed by atoms with Crippen molar-refractivity contribution in [2.45, 2.75) is 24.3 Å². The van der Waals surface area contributed by atoms with Crippen molar-refractivity contribution >= 4 is 21.8 Å². The number of hydrogen-bond acceptors (Lipinski definition) is 5. The van der Waals surface area contributed by atoms with Crippen molar-refractivity contribution in [3.63, 3.8) is 0 Å². The van der Waals surface area contributed by atoms with Gasteiger partial charge in [0.1, 0.15) is 10.6 Å². The molecule has 0 aromatic heterocycles. The number of sulfonamides is 1. The monoisotopic (exact) mass is 388 g/mol. The molecular weight excluding hydrogens is 368 g/mol. The van der Waals surface area contributed by atoms with E-state index < -0.39 is 15.9 Å². The average Bonchev–Trinajstić information content (AvgIpc) is 2.87. The van der Waals surface area contributed by atoms with Crippen LogP contribution >= 0.6 is 0 Å². The van der Waals surface area contributed by atoms with Crippen LogP contribution in [0.5, 0.6) is 5.75 Å². The highest BCUT2D eigenvalue weighted by Gasteiger charge is 2.40. The summed E-state index contributed by atoms with van der Waals surface area (Å²) >= 11 is 0. The maximum Gasteiger partial charge on any atom is 0.269 e. The van der Waals surface area contributed by atoms with E-state index in [9.17, 15) is 18.0 Å². The molecule has 1 heterocycles. The highest BCUT2D eigenvalue weighted by Crippen LogP contribution is 2.29. The first kappa shape index (κ1) is 18.9. The minimum absolute atomic E-state index is 0.0220. The van der Waals surface area contributed by atoms with E-state index in [2.05, 4.69) is 5.32 Å². The number of hydrogen-bond donors (Lipinski definition) is 1. The second-order valence-electron chi connectivity index (χ2n) is 6.11. The van der Waals surface area contributed by atoms with Gasteiger partial charge in [0.05, 0.1) is 12.7 Å².